The molecular formula is C15H22N4O2S. The Morgan fingerprint density at radius 3 is 2.91 bits per heavy atom. The molecule has 0 aromatic carbocycles. The van der Waals surface area contributed by atoms with E-state index < -0.39 is 0 Å². The fraction of sp³-hybridized carbons (Fsp3) is 0.533. The molecule has 0 radical (unpaired) electrons. The van der Waals surface area contributed by atoms with Gasteiger partial charge in [-0.1, -0.05) is 13.8 Å². The van der Waals surface area contributed by atoms with Crippen LogP contribution >= 0.6 is 11.3 Å². The average molecular weight is 322 g/mol. The van der Waals surface area contributed by atoms with E-state index in [4.69, 9.17) is 0 Å². The van der Waals surface area contributed by atoms with Gasteiger partial charge in [-0.2, -0.15) is 5.10 Å². The number of carbonyl (C=O) groups excluding carboxylic acids is 1. The van der Waals surface area contributed by atoms with Crippen LogP contribution in [0.15, 0.2) is 17.8 Å². The lowest BCUT2D eigenvalue weighted by Crippen LogP contribution is -2.26. The van der Waals surface area contributed by atoms with E-state index >= 15 is 0 Å². The number of hydrogen-bond acceptors (Lipinski definition) is 5. The molecule has 6 nitrogen and oxygen atoms in total. The molecule has 1 amide bonds. The van der Waals surface area contributed by atoms with Gasteiger partial charge < -0.3 is 10.4 Å². The number of aliphatic hydroxyl groups excluding tert-OH is 1. The van der Waals surface area contributed by atoms with Crippen LogP contribution < -0.4 is 5.32 Å². The zero-order valence-electron chi connectivity index (χ0n) is 13.2. The second-order valence-corrected chi connectivity index (χ2v) is 6.98. The van der Waals surface area contributed by atoms with Gasteiger partial charge in [0.1, 0.15) is 10.7 Å². The number of hydrogen-bond donors (Lipinski definition) is 2. The standard InChI is InChI=1S/C15H22N4O2S/c1-15(2,10-20)5-4-6-16-13(21)12-9-22-14(18-12)11-7-17-19(3)8-11/h7-9,20H,4-6,10H2,1-3H3,(H,16,21). The number of carbonyl (C=O) groups is 1. The van der Waals surface area contributed by atoms with Gasteiger partial charge in [-0.05, 0) is 18.3 Å². The van der Waals surface area contributed by atoms with Crippen molar-refractivity contribution >= 4 is 17.2 Å². The van der Waals surface area contributed by atoms with Crippen LogP contribution in [0.25, 0.3) is 10.6 Å². The first-order valence-electron chi connectivity index (χ1n) is 7.25. The molecule has 0 saturated heterocycles. The van der Waals surface area contributed by atoms with Crippen molar-refractivity contribution < 1.29 is 9.90 Å². The van der Waals surface area contributed by atoms with E-state index in [9.17, 15) is 9.90 Å². The first-order valence-corrected chi connectivity index (χ1v) is 8.13. The lowest BCUT2D eigenvalue weighted by Gasteiger charge is -2.21. The second kappa shape index (κ2) is 7.02. The lowest BCUT2D eigenvalue weighted by atomic mass is 9.89. The van der Waals surface area contributed by atoms with Crippen LogP contribution in [0.3, 0.4) is 0 Å². The van der Waals surface area contributed by atoms with Crippen molar-refractivity contribution in [2.24, 2.45) is 12.5 Å². The minimum absolute atomic E-state index is 0.0984. The molecule has 2 N–H and O–H groups in total. The van der Waals surface area contributed by atoms with Gasteiger partial charge in [0.25, 0.3) is 5.91 Å². The van der Waals surface area contributed by atoms with E-state index in [1.54, 1.807) is 16.3 Å². The van der Waals surface area contributed by atoms with Crippen LogP contribution in [0.2, 0.25) is 0 Å². The van der Waals surface area contributed by atoms with Crippen LogP contribution in [0.4, 0.5) is 0 Å². The van der Waals surface area contributed by atoms with E-state index in [-0.39, 0.29) is 17.9 Å². The van der Waals surface area contributed by atoms with E-state index in [0.29, 0.717) is 12.2 Å². The summed E-state index contributed by atoms with van der Waals surface area (Å²) in [7, 11) is 1.85. The van der Waals surface area contributed by atoms with Gasteiger partial charge in [0, 0.05) is 37.3 Å². The zero-order valence-corrected chi connectivity index (χ0v) is 14.0. The lowest BCUT2D eigenvalue weighted by molar-refractivity contribution is 0.0944. The van der Waals surface area contributed by atoms with Gasteiger partial charge in [-0.3, -0.25) is 9.48 Å². The predicted molar refractivity (Wildman–Crippen MR) is 86.8 cm³/mol. The molecule has 0 unspecified atom stereocenters. The quantitative estimate of drug-likeness (QED) is 0.765. The van der Waals surface area contributed by atoms with Crippen LogP contribution in [0, 0.1) is 5.41 Å². The Morgan fingerprint density at radius 2 is 2.27 bits per heavy atom. The van der Waals surface area contributed by atoms with Gasteiger partial charge in [0.2, 0.25) is 0 Å². The number of thiazole rings is 1. The van der Waals surface area contributed by atoms with Crippen molar-refractivity contribution in [2.45, 2.75) is 26.7 Å². The summed E-state index contributed by atoms with van der Waals surface area (Å²) in [6.45, 7) is 4.76. The summed E-state index contributed by atoms with van der Waals surface area (Å²) in [5, 5.41) is 18.7. The van der Waals surface area contributed by atoms with E-state index in [1.807, 2.05) is 27.1 Å². The Labute approximate surface area is 134 Å². The Kier molecular flexibility index (Phi) is 5.31. The predicted octanol–water partition coefficient (Wildman–Crippen LogP) is 2.07. The highest BCUT2D eigenvalue weighted by Crippen LogP contribution is 2.23. The summed E-state index contributed by atoms with van der Waals surface area (Å²) >= 11 is 1.43. The molecule has 0 aliphatic carbocycles. The van der Waals surface area contributed by atoms with Crippen molar-refractivity contribution in [3.05, 3.63) is 23.5 Å². The minimum Gasteiger partial charge on any atom is -0.396 e. The van der Waals surface area contributed by atoms with Crippen LogP contribution in [0.5, 0.6) is 0 Å². The third-order valence-corrected chi connectivity index (χ3v) is 4.32. The maximum atomic E-state index is 12.1. The summed E-state index contributed by atoms with van der Waals surface area (Å²) in [6.07, 6.45) is 5.30. The molecule has 0 aliphatic rings. The normalized spacial score (nSPS) is 11.6. The molecular weight excluding hydrogens is 300 g/mol. The summed E-state index contributed by atoms with van der Waals surface area (Å²) in [5.41, 5.74) is 1.25. The molecule has 0 saturated carbocycles. The SMILES string of the molecule is Cn1cc(-c2nc(C(=O)NCCCC(C)(C)CO)cs2)cn1. The van der Waals surface area contributed by atoms with Crippen molar-refractivity contribution in [1.29, 1.82) is 0 Å². The third kappa shape index (κ3) is 4.38. The molecule has 7 heteroatoms. The summed E-state index contributed by atoms with van der Waals surface area (Å²) < 4.78 is 1.71. The molecule has 2 aromatic rings. The largest absolute Gasteiger partial charge is 0.396 e. The minimum atomic E-state index is -0.159. The monoisotopic (exact) mass is 322 g/mol. The average Bonchev–Trinajstić information content (AvgIpc) is 3.12. The fourth-order valence-electron chi connectivity index (χ4n) is 1.98. The van der Waals surface area contributed by atoms with E-state index in [1.165, 1.54) is 11.3 Å². The topological polar surface area (TPSA) is 80.0 Å². The van der Waals surface area contributed by atoms with Crippen molar-refractivity contribution in [1.82, 2.24) is 20.1 Å². The first-order chi connectivity index (χ1) is 10.4. The fourth-order valence-corrected chi connectivity index (χ4v) is 2.76. The molecule has 0 bridgehead atoms. The number of aryl methyl sites for hydroxylation is 1. The van der Waals surface area contributed by atoms with E-state index in [0.717, 1.165) is 23.4 Å². The molecule has 2 heterocycles. The molecule has 2 rings (SSSR count). The van der Waals surface area contributed by atoms with Crippen LogP contribution in [-0.4, -0.2) is 38.9 Å². The van der Waals surface area contributed by atoms with Crippen molar-refractivity contribution in [2.75, 3.05) is 13.2 Å². The summed E-state index contributed by atoms with van der Waals surface area (Å²) in [6, 6.07) is 0. The highest BCUT2D eigenvalue weighted by atomic mass is 32.1. The summed E-state index contributed by atoms with van der Waals surface area (Å²) in [4.78, 5) is 16.4. The highest BCUT2D eigenvalue weighted by molar-refractivity contribution is 7.13. The van der Waals surface area contributed by atoms with Crippen molar-refractivity contribution in [3.63, 3.8) is 0 Å². The van der Waals surface area contributed by atoms with Gasteiger partial charge in [0.05, 0.1) is 6.20 Å². The Morgan fingerprint density at radius 1 is 1.50 bits per heavy atom. The van der Waals surface area contributed by atoms with Gasteiger partial charge >= 0.3 is 0 Å². The van der Waals surface area contributed by atoms with Gasteiger partial charge in [0.15, 0.2) is 0 Å². The molecule has 0 atom stereocenters. The molecule has 0 fully saturated rings. The molecule has 2 aromatic heterocycles. The van der Waals surface area contributed by atoms with Crippen LogP contribution in [0.1, 0.15) is 37.2 Å². The Balaban J connectivity index is 1.85. The molecule has 120 valence electrons. The smallest absolute Gasteiger partial charge is 0.270 e. The molecule has 0 spiro atoms. The van der Waals surface area contributed by atoms with Gasteiger partial charge in [-0.25, -0.2) is 4.98 Å². The van der Waals surface area contributed by atoms with Crippen LogP contribution in [-0.2, 0) is 7.05 Å². The summed E-state index contributed by atoms with van der Waals surface area (Å²) in [5.74, 6) is -0.159. The number of nitrogens with zero attached hydrogens (tertiary/aromatic N) is 3. The molecule has 22 heavy (non-hydrogen) atoms. The number of amides is 1. The Bertz CT molecular complexity index is 633. The van der Waals surface area contributed by atoms with Crippen molar-refractivity contribution in [3.8, 4) is 10.6 Å². The number of rotatable bonds is 7. The highest BCUT2D eigenvalue weighted by Gasteiger charge is 2.16. The third-order valence-electron chi connectivity index (χ3n) is 3.43. The van der Waals surface area contributed by atoms with E-state index in [2.05, 4.69) is 15.4 Å². The Hall–Kier alpha value is -1.73. The number of nitrogens with one attached hydrogen (secondary N) is 1. The maximum absolute atomic E-state index is 12.1. The maximum Gasteiger partial charge on any atom is 0.270 e. The van der Waals surface area contributed by atoms with Gasteiger partial charge in [-0.15, -0.1) is 11.3 Å². The first kappa shape index (κ1) is 16.6. The number of aromatic nitrogens is 3. The second-order valence-electron chi connectivity index (χ2n) is 6.12. The number of aliphatic hydroxyl groups is 1. The zero-order chi connectivity index (χ0) is 16.2. The molecule has 0 aliphatic heterocycles.